The number of carbonyl (C=O) groups is 1. The van der Waals surface area contributed by atoms with E-state index in [1.165, 1.54) is 0 Å². The molecular weight excluding hydrogens is 266 g/mol. The van der Waals surface area contributed by atoms with Crippen molar-refractivity contribution in [2.24, 2.45) is 5.73 Å². The Morgan fingerprint density at radius 2 is 2.19 bits per heavy atom. The molecule has 0 bridgehead atoms. The van der Waals surface area contributed by atoms with Gasteiger partial charge >= 0.3 is 6.09 Å². The van der Waals surface area contributed by atoms with Crippen molar-refractivity contribution in [3.05, 3.63) is 35.9 Å². The van der Waals surface area contributed by atoms with Crippen molar-refractivity contribution < 1.29 is 9.53 Å². The highest BCUT2D eigenvalue weighted by molar-refractivity contribution is 5.67. The van der Waals surface area contributed by atoms with Gasteiger partial charge in [0.05, 0.1) is 0 Å². The van der Waals surface area contributed by atoms with E-state index in [9.17, 15) is 4.79 Å². The monoisotopic (exact) mass is 291 g/mol. The van der Waals surface area contributed by atoms with Gasteiger partial charge < -0.3 is 20.3 Å². The van der Waals surface area contributed by atoms with E-state index >= 15 is 0 Å². The number of amides is 1. The molecule has 1 aromatic rings. The van der Waals surface area contributed by atoms with Crippen molar-refractivity contribution >= 4 is 6.09 Å². The third kappa shape index (κ3) is 4.72. The quantitative estimate of drug-likeness (QED) is 0.896. The highest BCUT2D eigenvalue weighted by Gasteiger charge is 2.26. The summed E-state index contributed by atoms with van der Waals surface area (Å²) in [6.07, 6.45) is 1.91. The fourth-order valence-electron chi connectivity index (χ4n) is 2.68. The molecule has 1 atom stereocenters. The second-order valence-electron chi connectivity index (χ2n) is 5.55. The van der Waals surface area contributed by atoms with Crippen LogP contribution < -0.4 is 5.73 Å². The van der Waals surface area contributed by atoms with Gasteiger partial charge in [-0.15, -0.1) is 0 Å². The Kier molecular flexibility index (Phi) is 6.02. The van der Waals surface area contributed by atoms with Crippen molar-refractivity contribution in [2.75, 3.05) is 33.2 Å². The summed E-state index contributed by atoms with van der Waals surface area (Å²) in [6, 6.07) is 10.1. The molecule has 0 aromatic heterocycles. The second-order valence-corrected chi connectivity index (χ2v) is 5.55. The van der Waals surface area contributed by atoms with Crippen LogP contribution in [0.25, 0.3) is 0 Å². The predicted molar refractivity (Wildman–Crippen MR) is 82.9 cm³/mol. The Balaban J connectivity index is 1.81. The summed E-state index contributed by atoms with van der Waals surface area (Å²) in [5, 5.41) is 0. The number of nitrogens with zero attached hydrogens (tertiary/aromatic N) is 2. The van der Waals surface area contributed by atoms with Crippen molar-refractivity contribution in [1.82, 2.24) is 9.80 Å². The van der Waals surface area contributed by atoms with Crippen LogP contribution in [0.15, 0.2) is 30.3 Å². The van der Waals surface area contributed by atoms with Crippen molar-refractivity contribution in [2.45, 2.75) is 25.5 Å². The van der Waals surface area contributed by atoms with E-state index in [2.05, 4.69) is 11.9 Å². The van der Waals surface area contributed by atoms with Crippen LogP contribution in [0.1, 0.15) is 18.4 Å². The Labute approximate surface area is 126 Å². The fraction of sp³-hybridized carbons (Fsp3) is 0.562. The summed E-state index contributed by atoms with van der Waals surface area (Å²) in [6.45, 7) is 3.34. The number of likely N-dealkylation sites (N-methyl/N-ethyl adjacent to an activating group) is 1. The maximum absolute atomic E-state index is 12.2. The average molecular weight is 291 g/mol. The molecular formula is C16H25N3O2. The van der Waals surface area contributed by atoms with Crippen molar-refractivity contribution in [3.63, 3.8) is 0 Å². The Morgan fingerprint density at radius 1 is 1.43 bits per heavy atom. The van der Waals surface area contributed by atoms with Crippen LogP contribution in [0, 0.1) is 0 Å². The number of nitrogens with two attached hydrogens (primary N) is 1. The largest absolute Gasteiger partial charge is 0.445 e. The Bertz CT molecular complexity index is 438. The van der Waals surface area contributed by atoms with E-state index in [-0.39, 0.29) is 6.09 Å². The minimum absolute atomic E-state index is 0.218. The lowest BCUT2D eigenvalue weighted by atomic mass is 10.1. The highest BCUT2D eigenvalue weighted by atomic mass is 16.6. The number of hydrogen-bond acceptors (Lipinski definition) is 4. The highest BCUT2D eigenvalue weighted by Crippen LogP contribution is 2.16. The summed E-state index contributed by atoms with van der Waals surface area (Å²) in [5.74, 6) is 0. The lowest BCUT2D eigenvalue weighted by molar-refractivity contribution is 0.0674. The molecule has 0 spiro atoms. The van der Waals surface area contributed by atoms with E-state index < -0.39 is 0 Å². The van der Waals surface area contributed by atoms with Gasteiger partial charge in [0, 0.05) is 32.2 Å². The SMILES string of the molecule is CN(CCN)[C@@H]1CCCN(C(=O)OCc2ccccc2)C1. The molecule has 5 heteroatoms. The first-order valence-corrected chi connectivity index (χ1v) is 7.56. The number of likely N-dealkylation sites (tertiary alicyclic amines) is 1. The van der Waals surface area contributed by atoms with Crippen LogP contribution in [-0.2, 0) is 11.3 Å². The van der Waals surface area contributed by atoms with E-state index in [0.717, 1.165) is 38.0 Å². The first-order chi connectivity index (χ1) is 10.2. The van der Waals surface area contributed by atoms with Crippen LogP contribution in [0.3, 0.4) is 0 Å². The van der Waals surface area contributed by atoms with Crippen LogP contribution in [0.5, 0.6) is 0 Å². The molecule has 21 heavy (non-hydrogen) atoms. The molecule has 5 nitrogen and oxygen atoms in total. The summed E-state index contributed by atoms with van der Waals surface area (Å²) in [5.41, 5.74) is 6.61. The Morgan fingerprint density at radius 3 is 2.90 bits per heavy atom. The number of carbonyl (C=O) groups excluding carboxylic acids is 1. The van der Waals surface area contributed by atoms with E-state index in [4.69, 9.17) is 10.5 Å². The Hall–Kier alpha value is -1.59. The summed E-state index contributed by atoms with van der Waals surface area (Å²) < 4.78 is 5.40. The maximum Gasteiger partial charge on any atom is 0.410 e. The normalized spacial score (nSPS) is 18.8. The summed E-state index contributed by atoms with van der Waals surface area (Å²) in [7, 11) is 2.07. The van der Waals surface area contributed by atoms with Gasteiger partial charge in [-0.05, 0) is 25.5 Å². The molecule has 0 radical (unpaired) electrons. The van der Waals surface area contributed by atoms with Gasteiger partial charge in [0.2, 0.25) is 0 Å². The molecule has 0 saturated carbocycles. The van der Waals surface area contributed by atoms with Crippen LogP contribution in [0.4, 0.5) is 4.79 Å². The zero-order chi connectivity index (χ0) is 15.1. The zero-order valence-corrected chi connectivity index (χ0v) is 12.7. The maximum atomic E-state index is 12.2. The van der Waals surface area contributed by atoms with Gasteiger partial charge in [-0.25, -0.2) is 4.79 Å². The molecule has 0 unspecified atom stereocenters. The lowest BCUT2D eigenvalue weighted by Crippen LogP contribution is -2.49. The molecule has 1 aromatic carbocycles. The number of benzene rings is 1. The van der Waals surface area contributed by atoms with Gasteiger partial charge in [-0.3, -0.25) is 0 Å². The first kappa shape index (κ1) is 15.8. The standard InChI is InChI=1S/C16H25N3O2/c1-18(11-9-17)15-8-5-10-19(12-15)16(20)21-13-14-6-3-2-4-7-14/h2-4,6-7,15H,5,8-13,17H2,1H3/t15-/m1/s1. The van der Waals surface area contributed by atoms with Gasteiger partial charge in [-0.1, -0.05) is 30.3 Å². The number of rotatable bonds is 5. The zero-order valence-electron chi connectivity index (χ0n) is 12.7. The molecule has 1 saturated heterocycles. The van der Waals surface area contributed by atoms with Gasteiger partial charge in [0.15, 0.2) is 0 Å². The van der Waals surface area contributed by atoms with Crippen LogP contribution >= 0.6 is 0 Å². The predicted octanol–water partition coefficient (Wildman–Crippen LogP) is 1.68. The van der Waals surface area contributed by atoms with E-state index in [0.29, 0.717) is 19.2 Å². The fourth-order valence-corrected chi connectivity index (χ4v) is 2.68. The first-order valence-electron chi connectivity index (χ1n) is 7.56. The van der Waals surface area contributed by atoms with Crippen LogP contribution in [-0.4, -0.2) is 55.2 Å². The third-order valence-corrected chi connectivity index (χ3v) is 3.97. The second kappa shape index (κ2) is 8.00. The van der Waals surface area contributed by atoms with Crippen molar-refractivity contribution in [3.8, 4) is 0 Å². The molecule has 2 N–H and O–H groups in total. The molecule has 1 aliphatic heterocycles. The molecule has 116 valence electrons. The van der Waals surface area contributed by atoms with Gasteiger partial charge in [-0.2, -0.15) is 0 Å². The molecule has 1 fully saturated rings. The number of hydrogen-bond donors (Lipinski definition) is 1. The topological polar surface area (TPSA) is 58.8 Å². The third-order valence-electron chi connectivity index (χ3n) is 3.97. The number of piperidine rings is 1. The van der Waals surface area contributed by atoms with Crippen molar-refractivity contribution in [1.29, 1.82) is 0 Å². The molecule has 1 heterocycles. The van der Waals surface area contributed by atoms with Crippen LogP contribution in [0.2, 0.25) is 0 Å². The number of ether oxygens (including phenoxy) is 1. The van der Waals surface area contributed by atoms with E-state index in [1.807, 2.05) is 35.2 Å². The minimum Gasteiger partial charge on any atom is -0.445 e. The van der Waals surface area contributed by atoms with Gasteiger partial charge in [0.25, 0.3) is 0 Å². The smallest absolute Gasteiger partial charge is 0.410 e. The summed E-state index contributed by atoms with van der Waals surface area (Å²) in [4.78, 5) is 16.2. The summed E-state index contributed by atoms with van der Waals surface area (Å²) >= 11 is 0. The molecule has 1 aliphatic rings. The molecule has 1 amide bonds. The molecule has 0 aliphatic carbocycles. The average Bonchev–Trinajstić information content (AvgIpc) is 2.54. The lowest BCUT2D eigenvalue weighted by Gasteiger charge is -2.36. The van der Waals surface area contributed by atoms with E-state index in [1.54, 1.807) is 0 Å². The molecule has 2 rings (SSSR count). The minimum atomic E-state index is -0.218. The van der Waals surface area contributed by atoms with Gasteiger partial charge in [0.1, 0.15) is 6.61 Å².